The zero-order valence-electron chi connectivity index (χ0n) is 16.1. The van der Waals surface area contributed by atoms with Gasteiger partial charge in [-0.3, -0.25) is 14.5 Å². The summed E-state index contributed by atoms with van der Waals surface area (Å²) >= 11 is 0. The molecule has 148 valence electrons. The number of carbonyl (C=O) groups is 2. The minimum Gasteiger partial charge on any atom is -0.357 e. The molecule has 0 aliphatic rings. The van der Waals surface area contributed by atoms with Crippen molar-refractivity contribution in [2.24, 2.45) is 5.92 Å². The Morgan fingerprint density at radius 2 is 1.89 bits per heavy atom. The van der Waals surface area contributed by atoms with E-state index in [0.29, 0.717) is 23.6 Å². The normalized spacial score (nSPS) is 12.5. The minimum atomic E-state index is -1.24. The third-order valence-electron chi connectivity index (χ3n) is 4.33. The second kappa shape index (κ2) is 9.57. The van der Waals surface area contributed by atoms with Crippen molar-refractivity contribution in [2.45, 2.75) is 20.2 Å². The molecular weight excluding hydrogens is 356 g/mol. The van der Waals surface area contributed by atoms with Crippen LogP contribution in [-0.4, -0.2) is 39.7 Å². The second-order valence-electron chi connectivity index (χ2n) is 6.58. The number of nitrogens with zero attached hydrogens (tertiary/aromatic N) is 1. The van der Waals surface area contributed by atoms with Gasteiger partial charge in [0.1, 0.15) is 5.69 Å². The fourth-order valence-corrected chi connectivity index (χ4v) is 2.43. The van der Waals surface area contributed by atoms with Crippen LogP contribution in [0, 0.1) is 5.92 Å². The molecule has 7 nitrogen and oxygen atoms in total. The third-order valence-corrected chi connectivity index (χ3v) is 4.33. The quantitative estimate of drug-likeness (QED) is 0.304. The summed E-state index contributed by atoms with van der Waals surface area (Å²) in [5, 5.41) is 16.2. The molecule has 2 atom stereocenters. The predicted molar refractivity (Wildman–Crippen MR) is 111 cm³/mol. The van der Waals surface area contributed by atoms with E-state index in [1.165, 1.54) is 11.0 Å². The Bertz CT molecular complexity index is 828. The highest BCUT2D eigenvalue weighted by molar-refractivity contribution is 5.98. The summed E-state index contributed by atoms with van der Waals surface area (Å²) in [6.45, 7) is 11.5. The summed E-state index contributed by atoms with van der Waals surface area (Å²) < 4.78 is 0. The van der Waals surface area contributed by atoms with Crippen LogP contribution in [0.2, 0.25) is 0 Å². The van der Waals surface area contributed by atoms with Crippen LogP contribution >= 0.6 is 0 Å². The molecule has 1 aromatic carbocycles. The molecule has 0 saturated carbocycles. The smallest absolute Gasteiger partial charge is 0.273 e. The number of aliphatic hydroxyl groups excluding tert-OH is 1. The van der Waals surface area contributed by atoms with Gasteiger partial charge < -0.3 is 20.7 Å². The Hall–Kier alpha value is -3.32. The van der Waals surface area contributed by atoms with Gasteiger partial charge in [-0.25, -0.2) is 0 Å². The van der Waals surface area contributed by atoms with Gasteiger partial charge in [0.25, 0.3) is 5.91 Å². The van der Waals surface area contributed by atoms with Gasteiger partial charge in [-0.2, -0.15) is 0 Å². The van der Waals surface area contributed by atoms with E-state index < -0.39 is 6.35 Å². The zero-order valence-corrected chi connectivity index (χ0v) is 16.1. The van der Waals surface area contributed by atoms with Crippen molar-refractivity contribution < 1.29 is 14.7 Å². The Morgan fingerprint density at radius 3 is 2.43 bits per heavy atom. The first kappa shape index (κ1) is 21.0. The number of aliphatic hydroxyl groups is 1. The molecular formula is C21H26N4O3. The molecule has 2 amide bonds. The molecule has 4 N–H and O–H groups in total. The molecule has 0 bridgehead atoms. The Labute approximate surface area is 164 Å². The number of amides is 2. The molecule has 2 unspecified atom stereocenters. The lowest BCUT2D eigenvalue weighted by atomic mass is 10.0. The van der Waals surface area contributed by atoms with Gasteiger partial charge in [-0.05, 0) is 55.3 Å². The Kier molecular flexibility index (Phi) is 7.17. The maximum absolute atomic E-state index is 12.8. The van der Waals surface area contributed by atoms with Crippen molar-refractivity contribution in [3.05, 3.63) is 73.1 Å². The molecule has 0 fully saturated rings. The van der Waals surface area contributed by atoms with Crippen LogP contribution < -0.4 is 10.6 Å². The number of carbonyl (C=O) groups excluding carboxylic acids is 2. The van der Waals surface area contributed by atoms with E-state index in [1.807, 2.05) is 13.8 Å². The molecule has 0 aliphatic carbocycles. The average molecular weight is 382 g/mol. The molecule has 2 aromatic rings. The highest BCUT2D eigenvalue weighted by atomic mass is 16.3. The number of aromatic nitrogens is 1. The topological polar surface area (TPSA) is 97.5 Å². The van der Waals surface area contributed by atoms with Crippen molar-refractivity contribution >= 4 is 23.2 Å². The molecule has 0 spiro atoms. The van der Waals surface area contributed by atoms with Gasteiger partial charge in [0.2, 0.25) is 12.3 Å². The van der Waals surface area contributed by atoms with Gasteiger partial charge in [-0.1, -0.05) is 25.7 Å². The largest absolute Gasteiger partial charge is 0.357 e. The van der Waals surface area contributed by atoms with Gasteiger partial charge in [0.15, 0.2) is 0 Å². The van der Waals surface area contributed by atoms with Gasteiger partial charge in [-0.15, -0.1) is 0 Å². The van der Waals surface area contributed by atoms with E-state index in [9.17, 15) is 14.7 Å². The van der Waals surface area contributed by atoms with Crippen LogP contribution in [-0.2, 0) is 4.79 Å². The molecule has 1 heterocycles. The van der Waals surface area contributed by atoms with Crippen molar-refractivity contribution in [1.82, 2.24) is 9.88 Å². The number of hydrogen-bond acceptors (Lipinski definition) is 4. The summed E-state index contributed by atoms with van der Waals surface area (Å²) in [5.74, 6) is -0.628. The molecule has 0 aliphatic heterocycles. The van der Waals surface area contributed by atoms with Crippen LogP contribution in [0.15, 0.2) is 67.4 Å². The van der Waals surface area contributed by atoms with E-state index in [-0.39, 0.29) is 17.7 Å². The van der Waals surface area contributed by atoms with Crippen LogP contribution in [0.3, 0.4) is 0 Å². The fraction of sp³-hybridized carbons (Fsp3) is 0.238. The van der Waals surface area contributed by atoms with Gasteiger partial charge in [0.05, 0.1) is 0 Å². The van der Waals surface area contributed by atoms with E-state index in [2.05, 4.69) is 28.8 Å². The van der Waals surface area contributed by atoms with E-state index in [0.717, 1.165) is 5.57 Å². The minimum absolute atomic E-state index is 0.00635. The molecule has 1 aromatic heterocycles. The maximum Gasteiger partial charge on any atom is 0.273 e. The molecule has 2 rings (SSSR count). The number of nitrogens with one attached hydrogen (secondary N) is 3. The van der Waals surface area contributed by atoms with Gasteiger partial charge >= 0.3 is 0 Å². The number of rotatable bonds is 9. The van der Waals surface area contributed by atoms with E-state index in [4.69, 9.17) is 0 Å². The zero-order chi connectivity index (χ0) is 20.7. The lowest BCUT2D eigenvalue weighted by molar-refractivity contribution is -0.111. The molecule has 0 saturated heterocycles. The summed E-state index contributed by atoms with van der Waals surface area (Å²) in [7, 11) is 0. The monoisotopic (exact) mass is 382 g/mol. The van der Waals surface area contributed by atoms with Crippen molar-refractivity contribution in [1.29, 1.82) is 0 Å². The van der Waals surface area contributed by atoms with Crippen LogP contribution in [0.25, 0.3) is 0 Å². The van der Waals surface area contributed by atoms with Crippen molar-refractivity contribution in [3.63, 3.8) is 0 Å². The average Bonchev–Trinajstić information content (AvgIpc) is 3.21. The number of benzene rings is 1. The molecule has 7 heteroatoms. The van der Waals surface area contributed by atoms with E-state index in [1.54, 1.807) is 42.6 Å². The summed E-state index contributed by atoms with van der Waals surface area (Å²) in [4.78, 5) is 28.4. The van der Waals surface area contributed by atoms with Crippen LogP contribution in [0.4, 0.5) is 11.4 Å². The van der Waals surface area contributed by atoms with Crippen LogP contribution in [0.5, 0.6) is 0 Å². The first-order valence-electron chi connectivity index (χ1n) is 8.89. The van der Waals surface area contributed by atoms with Crippen molar-refractivity contribution in [3.8, 4) is 0 Å². The standard InChI is InChI=1S/C21H26N4O3/c1-5-19(26)23-16-8-10-17(11-9-16)24-21(28)25(13-15(4)14(2)3)20(27)18-7-6-12-22-18/h5-12,15,21-22,24,28H,1-2,13H2,3-4H3,(H,23,26). The Balaban J connectivity index is 2.13. The fourth-order valence-electron chi connectivity index (χ4n) is 2.43. The summed E-state index contributed by atoms with van der Waals surface area (Å²) in [5.41, 5.74) is 2.49. The highest BCUT2D eigenvalue weighted by Crippen LogP contribution is 2.18. The van der Waals surface area contributed by atoms with Gasteiger partial charge in [0, 0.05) is 24.1 Å². The number of hydrogen-bond donors (Lipinski definition) is 4. The number of anilines is 2. The van der Waals surface area contributed by atoms with Crippen LogP contribution in [0.1, 0.15) is 24.3 Å². The lowest BCUT2D eigenvalue weighted by Gasteiger charge is -2.31. The second-order valence-corrected chi connectivity index (χ2v) is 6.58. The summed E-state index contributed by atoms with van der Waals surface area (Å²) in [6.07, 6.45) is 1.60. The lowest BCUT2D eigenvalue weighted by Crippen LogP contribution is -2.47. The first-order valence-corrected chi connectivity index (χ1v) is 8.89. The highest BCUT2D eigenvalue weighted by Gasteiger charge is 2.25. The SMILES string of the molecule is C=CC(=O)Nc1ccc(NC(O)N(CC(C)C(=C)C)C(=O)c2ccc[nH]2)cc1. The molecule has 28 heavy (non-hydrogen) atoms. The number of aromatic amines is 1. The first-order chi connectivity index (χ1) is 13.3. The number of H-pyrrole nitrogens is 1. The van der Waals surface area contributed by atoms with E-state index >= 15 is 0 Å². The van der Waals surface area contributed by atoms with Crippen molar-refractivity contribution in [2.75, 3.05) is 17.2 Å². The Morgan fingerprint density at radius 1 is 1.25 bits per heavy atom. The third kappa shape index (κ3) is 5.59. The molecule has 0 radical (unpaired) electrons. The predicted octanol–water partition coefficient (Wildman–Crippen LogP) is 3.18. The summed E-state index contributed by atoms with van der Waals surface area (Å²) in [6, 6.07) is 10.1. The maximum atomic E-state index is 12.8.